The summed E-state index contributed by atoms with van der Waals surface area (Å²) in [5, 5.41) is 6.37. The molecule has 2 N–H and O–H groups in total. The van der Waals surface area contributed by atoms with Gasteiger partial charge in [0.2, 0.25) is 0 Å². The lowest BCUT2D eigenvalue weighted by Gasteiger charge is -2.26. The SMILES string of the molecule is O=C(Nc1ccc(CNc2ncc(C(=O)N3CCCCC3)cc2Cl)cc1)c1ccco1. The van der Waals surface area contributed by atoms with Gasteiger partial charge in [0.15, 0.2) is 5.76 Å². The molecule has 1 fully saturated rings. The van der Waals surface area contributed by atoms with Crippen LogP contribution in [0.15, 0.2) is 59.3 Å². The predicted molar refractivity (Wildman–Crippen MR) is 119 cm³/mol. The molecule has 1 aliphatic rings. The van der Waals surface area contributed by atoms with Gasteiger partial charge in [0.1, 0.15) is 5.82 Å². The van der Waals surface area contributed by atoms with Gasteiger partial charge in [0, 0.05) is 31.5 Å². The van der Waals surface area contributed by atoms with Gasteiger partial charge in [0.05, 0.1) is 16.8 Å². The van der Waals surface area contributed by atoms with Crippen LogP contribution < -0.4 is 10.6 Å². The lowest BCUT2D eigenvalue weighted by Crippen LogP contribution is -2.35. The second-order valence-corrected chi connectivity index (χ2v) is 7.80. The highest BCUT2D eigenvalue weighted by molar-refractivity contribution is 6.33. The number of anilines is 2. The molecule has 0 bridgehead atoms. The molecule has 3 heterocycles. The summed E-state index contributed by atoms with van der Waals surface area (Å²) in [7, 11) is 0. The molecule has 0 atom stereocenters. The zero-order valence-electron chi connectivity index (χ0n) is 16.9. The molecule has 31 heavy (non-hydrogen) atoms. The van der Waals surface area contributed by atoms with Crippen LogP contribution >= 0.6 is 11.6 Å². The number of hydrogen-bond donors (Lipinski definition) is 2. The molecule has 4 rings (SSSR count). The van der Waals surface area contributed by atoms with Crippen molar-refractivity contribution in [3.05, 3.63) is 76.8 Å². The van der Waals surface area contributed by atoms with Crippen LogP contribution in [-0.2, 0) is 6.54 Å². The topological polar surface area (TPSA) is 87.5 Å². The highest BCUT2D eigenvalue weighted by Crippen LogP contribution is 2.23. The number of amides is 2. The number of aromatic nitrogens is 1. The van der Waals surface area contributed by atoms with Crippen molar-refractivity contribution >= 4 is 34.9 Å². The highest BCUT2D eigenvalue weighted by Gasteiger charge is 2.19. The lowest BCUT2D eigenvalue weighted by atomic mass is 10.1. The molecule has 0 radical (unpaired) electrons. The third-order valence-electron chi connectivity index (χ3n) is 5.15. The fourth-order valence-electron chi connectivity index (χ4n) is 3.46. The Hall–Kier alpha value is -3.32. The van der Waals surface area contributed by atoms with Crippen LogP contribution in [0.3, 0.4) is 0 Å². The lowest BCUT2D eigenvalue weighted by molar-refractivity contribution is 0.0723. The Bertz CT molecular complexity index is 1050. The molecule has 1 aromatic carbocycles. The van der Waals surface area contributed by atoms with Gasteiger partial charge >= 0.3 is 0 Å². The summed E-state index contributed by atoms with van der Waals surface area (Å²) in [4.78, 5) is 30.8. The summed E-state index contributed by atoms with van der Waals surface area (Å²) in [5.74, 6) is 0.458. The number of nitrogens with one attached hydrogen (secondary N) is 2. The van der Waals surface area contributed by atoms with Crippen molar-refractivity contribution in [2.24, 2.45) is 0 Å². The summed E-state index contributed by atoms with van der Waals surface area (Å²) < 4.78 is 5.08. The molecule has 0 saturated carbocycles. The van der Waals surface area contributed by atoms with E-state index in [4.69, 9.17) is 16.0 Å². The van der Waals surface area contributed by atoms with Gasteiger partial charge in [-0.25, -0.2) is 4.98 Å². The summed E-state index contributed by atoms with van der Waals surface area (Å²) in [6.07, 6.45) is 6.27. The normalized spacial score (nSPS) is 13.6. The minimum atomic E-state index is -0.300. The van der Waals surface area contributed by atoms with Crippen LogP contribution in [0.25, 0.3) is 0 Å². The van der Waals surface area contributed by atoms with Crippen LogP contribution in [0.5, 0.6) is 0 Å². The molecule has 1 saturated heterocycles. The average Bonchev–Trinajstić information content (AvgIpc) is 3.34. The molecule has 0 spiro atoms. The second-order valence-electron chi connectivity index (χ2n) is 7.39. The zero-order valence-corrected chi connectivity index (χ0v) is 17.7. The number of benzene rings is 1. The number of piperidine rings is 1. The van der Waals surface area contributed by atoms with Crippen molar-refractivity contribution in [3.8, 4) is 0 Å². The van der Waals surface area contributed by atoms with Gasteiger partial charge in [-0.15, -0.1) is 0 Å². The van der Waals surface area contributed by atoms with E-state index in [2.05, 4.69) is 15.6 Å². The van der Waals surface area contributed by atoms with Gasteiger partial charge in [-0.3, -0.25) is 9.59 Å². The Balaban J connectivity index is 1.33. The fraction of sp³-hybridized carbons (Fsp3) is 0.261. The first-order valence-electron chi connectivity index (χ1n) is 10.2. The van der Waals surface area contributed by atoms with Crippen LogP contribution in [-0.4, -0.2) is 34.8 Å². The maximum absolute atomic E-state index is 12.6. The van der Waals surface area contributed by atoms with Gasteiger partial charge in [-0.1, -0.05) is 23.7 Å². The van der Waals surface area contributed by atoms with E-state index in [0.717, 1.165) is 31.5 Å². The Kier molecular flexibility index (Phi) is 6.52. The molecular formula is C23H23ClN4O3. The minimum Gasteiger partial charge on any atom is -0.459 e. The average molecular weight is 439 g/mol. The molecule has 2 aromatic heterocycles. The number of likely N-dealkylation sites (tertiary alicyclic amines) is 1. The number of furan rings is 1. The van der Waals surface area contributed by atoms with E-state index in [1.807, 2.05) is 29.2 Å². The van der Waals surface area contributed by atoms with Crippen molar-refractivity contribution in [2.75, 3.05) is 23.7 Å². The number of rotatable bonds is 6. The second kappa shape index (κ2) is 9.66. The number of hydrogen-bond acceptors (Lipinski definition) is 5. The van der Waals surface area contributed by atoms with Gasteiger partial charge in [-0.2, -0.15) is 0 Å². The Morgan fingerprint density at radius 2 is 1.87 bits per heavy atom. The quantitative estimate of drug-likeness (QED) is 0.576. The van der Waals surface area contributed by atoms with E-state index in [1.54, 1.807) is 24.4 Å². The summed E-state index contributed by atoms with van der Waals surface area (Å²) in [6, 6.07) is 12.4. The van der Waals surface area contributed by atoms with E-state index in [0.29, 0.717) is 28.6 Å². The molecule has 1 aliphatic heterocycles. The van der Waals surface area contributed by atoms with Crippen molar-refractivity contribution in [2.45, 2.75) is 25.8 Å². The zero-order chi connectivity index (χ0) is 21.6. The third kappa shape index (κ3) is 5.24. The Morgan fingerprint density at radius 3 is 2.55 bits per heavy atom. The maximum Gasteiger partial charge on any atom is 0.291 e. The Labute approximate surface area is 185 Å². The van der Waals surface area contributed by atoms with Crippen LogP contribution in [0.2, 0.25) is 5.02 Å². The standard InChI is InChI=1S/C23H23ClN4O3/c24-19-13-17(23(30)28-10-2-1-3-11-28)15-26-21(19)25-14-16-6-8-18(9-7-16)27-22(29)20-5-4-12-31-20/h4-9,12-13,15H,1-3,10-11,14H2,(H,25,26)(H,27,29). The molecule has 7 nitrogen and oxygen atoms in total. The maximum atomic E-state index is 12.6. The van der Waals surface area contributed by atoms with Gasteiger partial charge < -0.3 is 20.0 Å². The molecule has 0 aliphatic carbocycles. The van der Waals surface area contributed by atoms with E-state index >= 15 is 0 Å². The van der Waals surface area contributed by atoms with Crippen molar-refractivity contribution in [1.82, 2.24) is 9.88 Å². The molecule has 8 heteroatoms. The van der Waals surface area contributed by atoms with Crippen LogP contribution in [0, 0.1) is 0 Å². The summed E-state index contributed by atoms with van der Waals surface area (Å²) in [6.45, 7) is 2.07. The monoisotopic (exact) mass is 438 g/mol. The number of carbonyl (C=O) groups is 2. The van der Waals surface area contributed by atoms with E-state index < -0.39 is 0 Å². The van der Waals surface area contributed by atoms with E-state index in [-0.39, 0.29) is 17.6 Å². The first kappa shape index (κ1) is 20.9. The first-order valence-corrected chi connectivity index (χ1v) is 10.6. The van der Waals surface area contributed by atoms with Crippen molar-refractivity contribution in [3.63, 3.8) is 0 Å². The minimum absolute atomic E-state index is 0.0205. The predicted octanol–water partition coefficient (Wildman–Crippen LogP) is 4.82. The smallest absolute Gasteiger partial charge is 0.291 e. The number of halogens is 1. The Morgan fingerprint density at radius 1 is 1.10 bits per heavy atom. The first-order chi connectivity index (χ1) is 15.1. The van der Waals surface area contributed by atoms with Crippen LogP contribution in [0.4, 0.5) is 11.5 Å². The number of pyridine rings is 1. The highest BCUT2D eigenvalue weighted by atomic mass is 35.5. The summed E-state index contributed by atoms with van der Waals surface area (Å²) in [5.41, 5.74) is 2.17. The molecule has 0 unspecified atom stereocenters. The van der Waals surface area contributed by atoms with Crippen LogP contribution in [0.1, 0.15) is 45.7 Å². The largest absolute Gasteiger partial charge is 0.459 e. The van der Waals surface area contributed by atoms with Crippen molar-refractivity contribution < 1.29 is 14.0 Å². The molecule has 3 aromatic rings. The third-order valence-corrected chi connectivity index (χ3v) is 5.44. The number of carbonyl (C=O) groups excluding carboxylic acids is 2. The molecule has 2 amide bonds. The fourth-order valence-corrected chi connectivity index (χ4v) is 3.69. The summed E-state index contributed by atoms with van der Waals surface area (Å²) >= 11 is 6.36. The van der Waals surface area contributed by atoms with E-state index in [1.165, 1.54) is 12.7 Å². The van der Waals surface area contributed by atoms with E-state index in [9.17, 15) is 9.59 Å². The van der Waals surface area contributed by atoms with Crippen molar-refractivity contribution in [1.29, 1.82) is 0 Å². The molecule has 160 valence electrons. The number of nitrogens with zero attached hydrogens (tertiary/aromatic N) is 2. The van der Waals surface area contributed by atoms with Gasteiger partial charge in [0.25, 0.3) is 11.8 Å². The van der Waals surface area contributed by atoms with Gasteiger partial charge in [-0.05, 0) is 55.2 Å². The molecular weight excluding hydrogens is 416 g/mol.